The maximum atomic E-state index is 12.8. The smallest absolute Gasteiger partial charge is 0.253 e. The second kappa shape index (κ2) is 9.42. The molecular formula is C23H26N6O2. The van der Waals surface area contributed by atoms with Gasteiger partial charge in [0.15, 0.2) is 11.6 Å². The van der Waals surface area contributed by atoms with Gasteiger partial charge < -0.3 is 19.9 Å². The number of carbonyl (C=O) groups excluding carboxylic acids is 1. The van der Waals surface area contributed by atoms with Gasteiger partial charge in [-0.1, -0.05) is 6.07 Å². The number of anilines is 3. The van der Waals surface area contributed by atoms with Crippen LogP contribution in [0.2, 0.25) is 0 Å². The molecule has 160 valence electrons. The third-order valence-corrected chi connectivity index (χ3v) is 5.10. The fourth-order valence-corrected chi connectivity index (χ4v) is 3.49. The van der Waals surface area contributed by atoms with Crippen LogP contribution in [0.25, 0.3) is 0 Å². The highest BCUT2D eigenvalue weighted by atomic mass is 16.5. The molecule has 31 heavy (non-hydrogen) atoms. The first-order chi connectivity index (χ1) is 15.1. The summed E-state index contributed by atoms with van der Waals surface area (Å²) in [6, 6.07) is 16.9. The Kier molecular flexibility index (Phi) is 6.26. The number of hydrogen-bond acceptors (Lipinski definition) is 7. The van der Waals surface area contributed by atoms with Gasteiger partial charge in [0.25, 0.3) is 5.91 Å². The molecule has 1 aliphatic heterocycles. The van der Waals surface area contributed by atoms with Crippen LogP contribution in [0, 0.1) is 6.92 Å². The summed E-state index contributed by atoms with van der Waals surface area (Å²) in [5, 5.41) is 11.8. The zero-order chi connectivity index (χ0) is 21.6. The van der Waals surface area contributed by atoms with Crippen LogP contribution in [0.5, 0.6) is 5.75 Å². The van der Waals surface area contributed by atoms with E-state index in [0.29, 0.717) is 44.2 Å². The first-order valence-electron chi connectivity index (χ1n) is 10.4. The van der Waals surface area contributed by atoms with Crippen LogP contribution < -0.4 is 15.0 Å². The minimum Gasteiger partial charge on any atom is -0.494 e. The number of piperazine rings is 1. The Bertz CT molecular complexity index is 1010. The number of pyridine rings is 1. The van der Waals surface area contributed by atoms with Crippen molar-refractivity contribution in [2.24, 2.45) is 0 Å². The zero-order valence-electron chi connectivity index (χ0n) is 17.8. The Hall–Kier alpha value is -3.68. The molecule has 0 unspecified atom stereocenters. The van der Waals surface area contributed by atoms with Gasteiger partial charge in [-0.15, -0.1) is 10.2 Å². The number of hydrogen-bond donors (Lipinski definition) is 1. The molecule has 0 spiro atoms. The highest BCUT2D eigenvalue weighted by molar-refractivity contribution is 5.94. The van der Waals surface area contributed by atoms with Crippen LogP contribution in [-0.4, -0.2) is 58.8 Å². The van der Waals surface area contributed by atoms with E-state index in [2.05, 4.69) is 25.4 Å². The molecule has 1 amide bonds. The van der Waals surface area contributed by atoms with Gasteiger partial charge >= 0.3 is 0 Å². The summed E-state index contributed by atoms with van der Waals surface area (Å²) >= 11 is 0. The van der Waals surface area contributed by atoms with E-state index >= 15 is 0 Å². The maximum absolute atomic E-state index is 12.8. The molecule has 3 heterocycles. The lowest BCUT2D eigenvalue weighted by atomic mass is 10.1. The molecule has 1 N–H and O–H groups in total. The Morgan fingerprint density at radius 2 is 1.74 bits per heavy atom. The number of aryl methyl sites for hydroxylation is 1. The van der Waals surface area contributed by atoms with Gasteiger partial charge in [0.2, 0.25) is 0 Å². The lowest BCUT2D eigenvalue weighted by Crippen LogP contribution is -2.49. The SMILES string of the molecule is CCOc1ccc(C(=O)N2CCN(c3ccc(Nc4cccc(C)n4)nn3)CC2)cc1. The monoisotopic (exact) mass is 418 g/mol. The summed E-state index contributed by atoms with van der Waals surface area (Å²) in [4.78, 5) is 21.2. The Morgan fingerprint density at radius 1 is 0.968 bits per heavy atom. The summed E-state index contributed by atoms with van der Waals surface area (Å²) in [5.41, 5.74) is 1.61. The largest absolute Gasteiger partial charge is 0.494 e. The van der Waals surface area contributed by atoms with E-state index in [0.717, 1.165) is 23.1 Å². The molecule has 1 aromatic carbocycles. The van der Waals surface area contributed by atoms with Crippen LogP contribution in [0.4, 0.5) is 17.5 Å². The summed E-state index contributed by atoms with van der Waals surface area (Å²) in [5.74, 6) is 3.00. The van der Waals surface area contributed by atoms with Gasteiger partial charge in [0, 0.05) is 37.4 Å². The zero-order valence-corrected chi connectivity index (χ0v) is 17.8. The fraction of sp³-hybridized carbons (Fsp3) is 0.304. The number of ether oxygens (including phenoxy) is 1. The second-order valence-electron chi connectivity index (χ2n) is 7.30. The van der Waals surface area contributed by atoms with E-state index in [4.69, 9.17) is 4.74 Å². The van der Waals surface area contributed by atoms with Crippen molar-refractivity contribution in [3.05, 3.63) is 65.9 Å². The Labute approximate surface area is 181 Å². The third kappa shape index (κ3) is 5.09. The van der Waals surface area contributed by atoms with Gasteiger partial charge in [0.05, 0.1) is 6.61 Å². The first kappa shape index (κ1) is 20.6. The topological polar surface area (TPSA) is 83.5 Å². The summed E-state index contributed by atoms with van der Waals surface area (Å²) in [7, 11) is 0. The van der Waals surface area contributed by atoms with Gasteiger partial charge in [0.1, 0.15) is 11.6 Å². The van der Waals surface area contributed by atoms with Crippen molar-refractivity contribution in [1.82, 2.24) is 20.1 Å². The van der Waals surface area contributed by atoms with E-state index in [-0.39, 0.29) is 5.91 Å². The fourth-order valence-electron chi connectivity index (χ4n) is 3.49. The van der Waals surface area contributed by atoms with Gasteiger partial charge in [-0.05, 0) is 62.4 Å². The quantitative estimate of drug-likeness (QED) is 0.658. The van der Waals surface area contributed by atoms with Crippen molar-refractivity contribution >= 4 is 23.4 Å². The normalized spacial score (nSPS) is 13.7. The van der Waals surface area contributed by atoms with Crippen molar-refractivity contribution in [3.8, 4) is 5.75 Å². The van der Waals surface area contributed by atoms with E-state index in [1.165, 1.54) is 0 Å². The predicted molar refractivity (Wildman–Crippen MR) is 120 cm³/mol. The highest BCUT2D eigenvalue weighted by Crippen LogP contribution is 2.19. The molecule has 0 bridgehead atoms. The number of nitrogens with one attached hydrogen (secondary N) is 1. The van der Waals surface area contributed by atoms with Crippen molar-refractivity contribution in [2.45, 2.75) is 13.8 Å². The van der Waals surface area contributed by atoms with Gasteiger partial charge in [-0.25, -0.2) is 4.98 Å². The van der Waals surface area contributed by atoms with Crippen LogP contribution >= 0.6 is 0 Å². The van der Waals surface area contributed by atoms with Crippen LogP contribution in [0.15, 0.2) is 54.6 Å². The minimum absolute atomic E-state index is 0.0407. The van der Waals surface area contributed by atoms with Crippen molar-refractivity contribution in [1.29, 1.82) is 0 Å². The molecular weight excluding hydrogens is 392 g/mol. The third-order valence-electron chi connectivity index (χ3n) is 5.10. The molecule has 8 nitrogen and oxygen atoms in total. The van der Waals surface area contributed by atoms with E-state index in [9.17, 15) is 4.79 Å². The van der Waals surface area contributed by atoms with Crippen LogP contribution in [-0.2, 0) is 0 Å². The molecule has 8 heteroatoms. The number of nitrogens with zero attached hydrogens (tertiary/aromatic N) is 5. The summed E-state index contributed by atoms with van der Waals surface area (Å²) in [6.07, 6.45) is 0. The van der Waals surface area contributed by atoms with Gasteiger partial charge in [-0.3, -0.25) is 4.79 Å². The molecule has 1 aliphatic rings. The lowest BCUT2D eigenvalue weighted by Gasteiger charge is -2.35. The standard InChI is InChI=1S/C23H26N6O2/c1-3-31-19-9-7-18(8-10-19)23(30)29-15-13-28(14-16-29)22-12-11-21(26-27-22)25-20-6-4-5-17(2)24-20/h4-12H,3,13-16H2,1-2H3,(H,24,25,26). The number of carbonyl (C=O) groups is 1. The molecule has 3 aromatic rings. The van der Waals surface area contributed by atoms with Crippen molar-refractivity contribution in [3.63, 3.8) is 0 Å². The summed E-state index contributed by atoms with van der Waals surface area (Å²) in [6.45, 7) is 7.20. The molecule has 1 fully saturated rings. The minimum atomic E-state index is 0.0407. The lowest BCUT2D eigenvalue weighted by molar-refractivity contribution is 0.0746. The summed E-state index contributed by atoms with van der Waals surface area (Å²) < 4.78 is 5.44. The first-order valence-corrected chi connectivity index (χ1v) is 10.4. The van der Waals surface area contributed by atoms with E-state index in [1.807, 2.05) is 73.3 Å². The van der Waals surface area contributed by atoms with Crippen LogP contribution in [0.1, 0.15) is 23.0 Å². The van der Waals surface area contributed by atoms with E-state index < -0.39 is 0 Å². The predicted octanol–water partition coefficient (Wildman–Crippen LogP) is 3.28. The second-order valence-corrected chi connectivity index (χ2v) is 7.30. The van der Waals surface area contributed by atoms with E-state index in [1.54, 1.807) is 0 Å². The van der Waals surface area contributed by atoms with Crippen LogP contribution in [0.3, 0.4) is 0 Å². The molecule has 4 rings (SSSR count). The molecule has 0 saturated carbocycles. The molecule has 0 radical (unpaired) electrons. The average molecular weight is 419 g/mol. The van der Waals surface area contributed by atoms with Gasteiger partial charge in [-0.2, -0.15) is 0 Å². The maximum Gasteiger partial charge on any atom is 0.253 e. The molecule has 2 aromatic heterocycles. The molecule has 0 aliphatic carbocycles. The molecule has 0 atom stereocenters. The Morgan fingerprint density at radius 3 is 2.39 bits per heavy atom. The van der Waals surface area contributed by atoms with Crippen molar-refractivity contribution in [2.75, 3.05) is 43.0 Å². The van der Waals surface area contributed by atoms with Crippen molar-refractivity contribution < 1.29 is 9.53 Å². The number of aromatic nitrogens is 3. The number of rotatable bonds is 6. The highest BCUT2D eigenvalue weighted by Gasteiger charge is 2.23. The molecule has 1 saturated heterocycles. The number of benzene rings is 1. The Balaban J connectivity index is 1.32. The average Bonchev–Trinajstić information content (AvgIpc) is 2.80. The number of amides is 1.